The lowest BCUT2D eigenvalue weighted by Crippen LogP contribution is -2.01. The molecule has 23 heavy (non-hydrogen) atoms. The zero-order valence-electron chi connectivity index (χ0n) is 13.6. The van der Waals surface area contributed by atoms with Gasteiger partial charge in [0.15, 0.2) is 17.3 Å². The number of rotatable bonds is 5. The van der Waals surface area contributed by atoms with E-state index in [1.807, 2.05) is 20.8 Å². The molecule has 0 radical (unpaired) electrons. The summed E-state index contributed by atoms with van der Waals surface area (Å²) in [5.41, 5.74) is 2.83. The maximum absolute atomic E-state index is 12.4. The monoisotopic (exact) mass is 334 g/mol. The largest absolute Gasteiger partial charge is 0.503 e. The van der Waals surface area contributed by atoms with Gasteiger partial charge >= 0.3 is 0 Å². The normalized spacial score (nSPS) is 11.2. The Kier molecular flexibility index (Phi) is 5.11. The number of allylic oxidation sites excluding steroid dienone is 1. The number of phenolic OH excluding ortho intramolecular Hbond substituents is 1. The minimum Gasteiger partial charge on any atom is -0.503 e. The van der Waals surface area contributed by atoms with Gasteiger partial charge in [-0.15, -0.1) is 0 Å². The summed E-state index contributed by atoms with van der Waals surface area (Å²) in [4.78, 5) is 12.4. The number of methoxy groups -OCH3 is 1. The van der Waals surface area contributed by atoms with Gasteiger partial charge in [-0.25, -0.2) is 0 Å². The average molecular weight is 335 g/mol. The number of phenols is 1. The first-order valence-electron chi connectivity index (χ1n) is 7.22. The molecule has 6 heteroatoms. The minimum atomic E-state index is -0.122. The van der Waals surface area contributed by atoms with Crippen LogP contribution < -0.4 is 4.74 Å². The molecule has 0 amide bonds. The lowest BCUT2D eigenvalue weighted by molar-refractivity contribution is 0.104. The van der Waals surface area contributed by atoms with E-state index in [1.54, 1.807) is 22.9 Å². The van der Waals surface area contributed by atoms with Crippen LogP contribution in [0.4, 0.5) is 0 Å². The van der Waals surface area contributed by atoms with E-state index in [0.717, 1.165) is 5.69 Å². The summed E-state index contributed by atoms with van der Waals surface area (Å²) in [7, 11) is 1.44. The third-order valence-electron chi connectivity index (χ3n) is 3.63. The van der Waals surface area contributed by atoms with Crippen molar-refractivity contribution < 1.29 is 14.6 Å². The van der Waals surface area contributed by atoms with Crippen molar-refractivity contribution in [3.8, 4) is 11.5 Å². The molecule has 0 fully saturated rings. The molecule has 0 atom stereocenters. The summed E-state index contributed by atoms with van der Waals surface area (Å²) in [5.74, 6) is 0.0205. The van der Waals surface area contributed by atoms with Gasteiger partial charge < -0.3 is 9.84 Å². The first kappa shape index (κ1) is 17.1. The SMILES string of the molecule is CCn1nc(C)c(C(=O)C=Cc2cc(Cl)c(O)c(OC)c2)c1C. The Hall–Kier alpha value is -2.27. The van der Waals surface area contributed by atoms with Crippen molar-refractivity contribution in [2.24, 2.45) is 0 Å². The number of hydrogen-bond donors (Lipinski definition) is 1. The summed E-state index contributed by atoms with van der Waals surface area (Å²) >= 11 is 5.94. The number of carbonyl (C=O) groups is 1. The molecule has 0 saturated heterocycles. The fraction of sp³-hybridized carbons (Fsp3) is 0.294. The van der Waals surface area contributed by atoms with Gasteiger partial charge in [-0.05, 0) is 44.5 Å². The second kappa shape index (κ2) is 6.87. The molecule has 0 saturated carbocycles. The lowest BCUT2D eigenvalue weighted by atomic mass is 10.1. The molecule has 5 nitrogen and oxygen atoms in total. The maximum Gasteiger partial charge on any atom is 0.189 e. The van der Waals surface area contributed by atoms with E-state index in [9.17, 15) is 9.90 Å². The van der Waals surface area contributed by atoms with E-state index < -0.39 is 0 Å². The van der Waals surface area contributed by atoms with Gasteiger partial charge in [-0.3, -0.25) is 9.48 Å². The zero-order valence-corrected chi connectivity index (χ0v) is 14.3. The van der Waals surface area contributed by atoms with Crippen molar-refractivity contribution in [1.29, 1.82) is 0 Å². The van der Waals surface area contributed by atoms with Crippen molar-refractivity contribution in [3.05, 3.63) is 45.7 Å². The highest BCUT2D eigenvalue weighted by molar-refractivity contribution is 6.32. The number of ketones is 1. The smallest absolute Gasteiger partial charge is 0.189 e. The quantitative estimate of drug-likeness (QED) is 0.667. The minimum absolute atomic E-state index is 0.117. The molecule has 1 aromatic carbocycles. The number of aromatic nitrogens is 2. The molecule has 2 rings (SSSR count). The highest BCUT2D eigenvalue weighted by Gasteiger charge is 2.16. The van der Waals surface area contributed by atoms with Crippen molar-refractivity contribution in [2.45, 2.75) is 27.3 Å². The van der Waals surface area contributed by atoms with Crippen LogP contribution in [0.1, 0.15) is 34.2 Å². The second-order valence-electron chi connectivity index (χ2n) is 5.11. The Morgan fingerprint density at radius 1 is 1.43 bits per heavy atom. The van der Waals surface area contributed by atoms with Gasteiger partial charge in [-0.1, -0.05) is 17.7 Å². The van der Waals surface area contributed by atoms with Crippen LogP contribution in [0.2, 0.25) is 5.02 Å². The Morgan fingerprint density at radius 3 is 2.70 bits per heavy atom. The third kappa shape index (κ3) is 3.40. The number of halogens is 1. The lowest BCUT2D eigenvalue weighted by Gasteiger charge is -2.06. The molecule has 1 N–H and O–H groups in total. The number of carbonyl (C=O) groups excluding carboxylic acids is 1. The van der Waals surface area contributed by atoms with E-state index in [-0.39, 0.29) is 22.3 Å². The van der Waals surface area contributed by atoms with Crippen LogP contribution in [0.5, 0.6) is 11.5 Å². The van der Waals surface area contributed by atoms with Crippen molar-refractivity contribution in [1.82, 2.24) is 9.78 Å². The first-order valence-corrected chi connectivity index (χ1v) is 7.59. The molecule has 122 valence electrons. The van der Waals surface area contributed by atoms with Gasteiger partial charge in [0, 0.05) is 12.2 Å². The van der Waals surface area contributed by atoms with Crippen molar-refractivity contribution in [3.63, 3.8) is 0 Å². The fourth-order valence-electron chi connectivity index (χ4n) is 2.46. The predicted molar refractivity (Wildman–Crippen MR) is 90.4 cm³/mol. The highest BCUT2D eigenvalue weighted by atomic mass is 35.5. The second-order valence-corrected chi connectivity index (χ2v) is 5.52. The average Bonchev–Trinajstić information content (AvgIpc) is 2.82. The molecule has 0 spiro atoms. The Labute approximate surface area is 140 Å². The summed E-state index contributed by atoms with van der Waals surface area (Å²) in [6, 6.07) is 3.18. The van der Waals surface area contributed by atoms with Crippen molar-refractivity contribution >= 4 is 23.5 Å². The van der Waals surface area contributed by atoms with Gasteiger partial charge in [0.1, 0.15) is 0 Å². The Bertz CT molecular complexity index is 779. The molecule has 0 unspecified atom stereocenters. The Morgan fingerprint density at radius 2 is 2.13 bits per heavy atom. The van der Waals surface area contributed by atoms with E-state index in [0.29, 0.717) is 23.4 Å². The number of ether oxygens (including phenoxy) is 1. The molecule has 1 heterocycles. The van der Waals surface area contributed by atoms with Gasteiger partial charge in [0.05, 0.1) is 23.4 Å². The number of benzene rings is 1. The van der Waals surface area contributed by atoms with Crippen LogP contribution in [0.25, 0.3) is 6.08 Å². The van der Waals surface area contributed by atoms with E-state index >= 15 is 0 Å². The molecular weight excluding hydrogens is 316 g/mol. The summed E-state index contributed by atoms with van der Waals surface area (Å²) in [5, 5.41) is 14.2. The zero-order chi connectivity index (χ0) is 17.1. The molecule has 0 aliphatic rings. The van der Waals surface area contributed by atoms with Crippen LogP contribution in [-0.4, -0.2) is 27.8 Å². The maximum atomic E-state index is 12.4. The number of nitrogens with zero attached hydrogens (tertiary/aromatic N) is 2. The van der Waals surface area contributed by atoms with E-state index in [2.05, 4.69) is 5.10 Å². The predicted octanol–water partition coefficient (Wildman–Crippen LogP) is 3.78. The van der Waals surface area contributed by atoms with Crippen molar-refractivity contribution in [2.75, 3.05) is 7.11 Å². The van der Waals surface area contributed by atoms with Gasteiger partial charge in [-0.2, -0.15) is 5.10 Å². The topological polar surface area (TPSA) is 64.4 Å². The van der Waals surface area contributed by atoms with Crippen LogP contribution in [0, 0.1) is 13.8 Å². The summed E-state index contributed by atoms with van der Waals surface area (Å²) in [6.45, 7) is 6.40. The van der Waals surface area contributed by atoms with Gasteiger partial charge in [0.25, 0.3) is 0 Å². The van der Waals surface area contributed by atoms with Crippen LogP contribution in [-0.2, 0) is 6.54 Å². The summed E-state index contributed by atoms with van der Waals surface area (Å²) in [6.07, 6.45) is 3.11. The van der Waals surface area contributed by atoms with Gasteiger partial charge in [0.2, 0.25) is 0 Å². The molecule has 0 aliphatic carbocycles. The van der Waals surface area contributed by atoms with Crippen LogP contribution in [0.3, 0.4) is 0 Å². The molecule has 0 bridgehead atoms. The van der Waals surface area contributed by atoms with Crippen LogP contribution >= 0.6 is 11.6 Å². The molecule has 1 aromatic heterocycles. The Balaban J connectivity index is 2.32. The number of aryl methyl sites for hydroxylation is 2. The highest BCUT2D eigenvalue weighted by Crippen LogP contribution is 2.35. The number of aromatic hydroxyl groups is 1. The van der Waals surface area contributed by atoms with E-state index in [1.165, 1.54) is 13.2 Å². The first-order chi connectivity index (χ1) is 10.9. The summed E-state index contributed by atoms with van der Waals surface area (Å²) < 4.78 is 6.85. The van der Waals surface area contributed by atoms with Crippen LogP contribution in [0.15, 0.2) is 18.2 Å². The molecular formula is C17H19ClN2O3. The standard InChI is InChI=1S/C17H19ClN2O3/c1-5-20-11(3)16(10(2)19-20)14(21)7-6-12-8-13(18)17(22)15(9-12)23-4/h6-9,22H,5H2,1-4H3. The number of hydrogen-bond acceptors (Lipinski definition) is 4. The third-order valence-corrected chi connectivity index (χ3v) is 3.91. The van der Waals surface area contributed by atoms with E-state index in [4.69, 9.17) is 16.3 Å². The fourth-order valence-corrected chi connectivity index (χ4v) is 2.68. The molecule has 0 aliphatic heterocycles. The molecule has 2 aromatic rings.